The van der Waals surface area contributed by atoms with E-state index in [-0.39, 0.29) is 35.1 Å². The van der Waals surface area contributed by atoms with Crippen LogP contribution in [0.25, 0.3) is 0 Å². The average Bonchev–Trinajstić information content (AvgIpc) is 3.26. The Hall–Kier alpha value is -3.47. The van der Waals surface area contributed by atoms with Crippen molar-refractivity contribution in [2.24, 2.45) is 0 Å². The molecule has 3 aromatic rings. The summed E-state index contributed by atoms with van der Waals surface area (Å²) in [5, 5.41) is 18.6. The van der Waals surface area contributed by atoms with Gasteiger partial charge in [0.1, 0.15) is 5.78 Å². The van der Waals surface area contributed by atoms with E-state index in [2.05, 4.69) is 25.8 Å². The number of sulfone groups is 1. The molecule has 33 heavy (non-hydrogen) atoms. The average molecular weight is 471 g/mol. The van der Waals surface area contributed by atoms with E-state index in [4.69, 9.17) is 0 Å². The van der Waals surface area contributed by atoms with Crippen molar-refractivity contribution in [2.75, 3.05) is 13.3 Å². The third-order valence-electron chi connectivity index (χ3n) is 4.95. The molecule has 0 spiro atoms. The summed E-state index contributed by atoms with van der Waals surface area (Å²) >= 11 is 0. The van der Waals surface area contributed by atoms with Gasteiger partial charge in [-0.05, 0) is 49.1 Å². The van der Waals surface area contributed by atoms with Crippen LogP contribution in [-0.2, 0) is 40.4 Å². The molecule has 2 aromatic heterocycles. The number of nitrogens with zero attached hydrogens (tertiary/aromatic N) is 5. The molecule has 3 rings (SSSR count). The first-order valence-corrected chi connectivity index (χ1v) is 12.4. The van der Waals surface area contributed by atoms with Crippen LogP contribution >= 0.6 is 0 Å². The molecule has 0 bridgehead atoms. The summed E-state index contributed by atoms with van der Waals surface area (Å²) in [6.07, 6.45) is 5.46. The number of rotatable bonds is 11. The van der Waals surface area contributed by atoms with Gasteiger partial charge in [0, 0.05) is 26.3 Å². The number of aromatic nitrogens is 5. The molecule has 0 atom stereocenters. The molecule has 0 unspecified atom stereocenters. The van der Waals surface area contributed by atoms with Gasteiger partial charge < -0.3 is 5.32 Å². The highest BCUT2D eigenvalue weighted by atomic mass is 32.2. The van der Waals surface area contributed by atoms with Gasteiger partial charge >= 0.3 is 0 Å². The molecule has 1 amide bonds. The summed E-state index contributed by atoms with van der Waals surface area (Å²) in [5.41, 5.74) is 2.35. The lowest BCUT2D eigenvalue weighted by Gasteiger charge is -2.05. The van der Waals surface area contributed by atoms with Crippen LogP contribution in [0.1, 0.15) is 40.3 Å². The van der Waals surface area contributed by atoms with Crippen molar-refractivity contribution in [3.05, 3.63) is 65.2 Å². The van der Waals surface area contributed by atoms with Gasteiger partial charge in [-0.25, -0.2) is 8.42 Å². The smallest absolute Gasteiger partial charge is 0.273 e. The largest absolute Gasteiger partial charge is 0.354 e. The summed E-state index contributed by atoms with van der Waals surface area (Å²) < 4.78 is 25.0. The Kier molecular flexibility index (Phi) is 7.99. The van der Waals surface area contributed by atoms with Crippen LogP contribution in [0.2, 0.25) is 0 Å². The van der Waals surface area contributed by atoms with Crippen LogP contribution in [0.15, 0.2) is 47.5 Å². The molecular weight excluding hydrogens is 444 g/mol. The maximum Gasteiger partial charge on any atom is 0.273 e. The van der Waals surface area contributed by atoms with Gasteiger partial charge in [0.25, 0.3) is 5.91 Å². The fourth-order valence-electron chi connectivity index (χ4n) is 3.21. The monoisotopic (exact) mass is 470 g/mol. The van der Waals surface area contributed by atoms with Gasteiger partial charge in [0.15, 0.2) is 15.5 Å². The third kappa shape index (κ3) is 7.28. The summed E-state index contributed by atoms with van der Waals surface area (Å²) in [7, 11) is -1.77. The Labute approximate surface area is 192 Å². The second-order valence-corrected chi connectivity index (χ2v) is 9.75. The number of nitrogens with one attached hydrogen (secondary N) is 1. The summed E-state index contributed by atoms with van der Waals surface area (Å²) in [6, 6.07) is 10.1. The number of hydrogen-bond donors (Lipinski definition) is 1. The first kappa shape index (κ1) is 24.2. The molecule has 1 aromatic carbocycles. The minimum Gasteiger partial charge on any atom is -0.354 e. The van der Waals surface area contributed by atoms with E-state index in [1.807, 2.05) is 6.07 Å². The molecule has 11 heteroatoms. The van der Waals surface area contributed by atoms with E-state index in [1.54, 1.807) is 36.1 Å². The number of hydrogen-bond acceptors (Lipinski definition) is 8. The molecule has 0 saturated carbocycles. The minimum absolute atomic E-state index is 0.0633. The Morgan fingerprint density at radius 2 is 1.76 bits per heavy atom. The minimum atomic E-state index is -3.31. The van der Waals surface area contributed by atoms with Crippen LogP contribution in [-0.4, -0.2) is 58.6 Å². The van der Waals surface area contributed by atoms with Crippen molar-refractivity contribution < 1.29 is 18.0 Å². The van der Waals surface area contributed by atoms with Crippen LogP contribution in [0, 0.1) is 0 Å². The van der Waals surface area contributed by atoms with E-state index in [1.165, 1.54) is 12.1 Å². The topological polar surface area (TPSA) is 137 Å². The van der Waals surface area contributed by atoms with Gasteiger partial charge in [-0.3, -0.25) is 14.3 Å². The van der Waals surface area contributed by atoms with Crippen molar-refractivity contribution in [3.63, 3.8) is 0 Å². The fourth-order valence-corrected chi connectivity index (χ4v) is 3.90. The molecule has 174 valence electrons. The summed E-state index contributed by atoms with van der Waals surface area (Å²) in [4.78, 5) is 24.1. The number of aryl methyl sites for hydroxylation is 2. The van der Waals surface area contributed by atoms with Crippen molar-refractivity contribution >= 4 is 21.5 Å². The number of Topliss-reactive ketones (excluding diaryl/α,β-unsaturated/α-hetero) is 1. The number of ketones is 1. The number of carbonyl (C=O) groups excluding carboxylic acids is 2. The molecule has 0 saturated heterocycles. The predicted molar refractivity (Wildman–Crippen MR) is 120 cm³/mol. The zero-order chi connectivity index (χ0) is 23.8. The predicted octanol–water partition coefficient (Wildman–Crippen LogP) is 1.21. The van der Waals surface area contributed by atoms with Crippen molar-refractivity contribution in [3.8, 4) is 0 Å². The Bertz CT molecular complexity index is 1220. The molecule has 10 nitrogen and oxygen atoms in total. The zero-order valence-corrected chi connectivity index (χ0v) is 19.4. The first-order valence-electron chi connectivity index (χ1n) is 10.5. The highest BCUT2D eigenvalue weighted by Crippen LogP contribution is 2.13. The molecule has 0 aliphatic rings. The highest BCUT2D eigenvalue weighted by molar-refractivity contribution is 7.90. The maximum absolute atomic E-state index is 12.4. The van der Waals surface area contributed by atoms with Gasteiger partial charge in [0.2, 0.25) is 0 Å². The van der Waals surface area contributed by atoms with E-state index < -0.39 is 9.84 Å². The molecule has 0 fully saturated rings. The van der Waals surface area contributed by atoms with E-state index >= 15 is 0 Å². The van der Waals surface area contributed by atoms with Gasteiger partial charge in [-0.15, -0.1) is 5.10 Å². The molecule has 2 heterocycles. The standard InChI is InChI=1S/C22H26N6O4S/c1-23-22(30)21-15-28(27-26-21)11-4-3-7-17-9-10-18(25-24-17)14-19(29)12-16-6-5-8-20(13-16)33(2,31)32/h5-6,8-10,13,15H,3-4,7,11-12,14H2,1-2H3,(H,23,30). The lowest BCUT2D eigenvalue weighted by molar-refractivity contribution is -0.117. The highest BCUT2D eigenvalue weighted by Gasteiger charge is 2.11. The van der Waals surface area contributed by atoms with E-state index in [0.29, 0.717) is 17.8 Å². The first-order chi connectivity index (χ1) is 15.7. The lowest BCUT2D eigenvalue weighted by Crippen LogP contribution is -2.18. The van der Waals surface area contributed by atoms with Crippen LogP contribution < -0.4 is 5.32 Å². The molecule has 0 aliphatic carbocycles. The second kappa shape index (κ2) is 10.9. The Morgan fingerprint density at radius 1 is 1.00 bits per heavy atom. The third-order valence-corrected chi connectivity index (χ3v) is 6.06. The van der Waals surface area contributed by atoms with Crippen molar-refractivity contribution in [1.82, 2.24) is 30.5 Å². The Balaban J connectivity index is 1.44. The van der Waals surface area contributed by atoms with Crippen LogP contribution in [0.4, 0.5) is 0 Å². The molecule has 1 N–H and O–H groups in total. The van der Waals surface area contributed by atoms with Crippen molar-refractivity contribution in [1.29, 1.82) is 0 Å². The quantitative estimate of drug-likeness (QED) is 0.413. The van der Waals surface area contributed by atoms with Gasteiger partial charge in [0.05, 0.1) is 28.9 Å². The van der Waals surface area contributed by atoms with E-state index in [0.717, 1.165) is 31.2 Å². The SMILES string of the molecule is CNC(=O)c1cn(CCCCc2ccc(CC(=O)Cc3cccc(S(C)(=O)=O)c3)nn2)nn1. The number of amides is 1. The Morgan fingerprint density at radius 3 is 2.45 bits per heavy atom. The fraction of sp³-hybridized carbons (Fsp3) is 0.364. The summed E-state index contributed by atoms with van der Waals surface area (Å²) in [6.45, 7) is 0.643. The van der Waals surface area contributed by atoms with Gasteiger partial charge in [-0.2, -0.15) is 10.2 Å². The summed E-state index contributed by atoms with van der Waals surface area (Å²) in [5.74, 6) is -0.329. The van der Waals surface area contributed by atoms with Crippen molar-refractivity contribution in [2.45, 2.75) is 43.5 Å². The number of carbonyl (C=O) groups is 2. The normalized spacial score (nSPS) is 11.3. The van der Waals surface area contributed by atoms with Gasteiger partial charge in [-0.1, -0.05) is 17.3 Å². The van der Waals surface area contributed by atoms with E-state index in [9.17, 15) is 18.0 Å². The second-order valence-electron chi connectivity index (χ2n) is 7.73. The molecular formula is C22H26N6O4S. The van der Waals surface area contributed by atoms with Crippen LogP contribution in [0.5, 0.6) is 0 Å². The number of benzene rings is 1. The van der Waals surface area contributed by atoms with Crippen LogP contribution in [0.3, 0.4) is 0 Å². The maximum atomic E-state index is 12.4. The number of unbranched alkanes of at least 4 members (excludes halogenated alkanes) is 1. The zero-order valence-electron chi connectivity index (χ0n) is 18.6. The molecule has 0 radical (unpaired) electrons. The lowest BCUT2D eigenvalue weighted by atomic mass is 10.1. The molecule has 0 aliphatic heterocycles.